The Morgan fingerprint density at radius 2 is 2.04 bits per heavy atom. The van der Waals surface area contributed by atoms with E-state index >= 15 is 0 Å². The molecule has 26 heavy (non-hydrogen) atoms. The predicted molar refractivity (Wildman–Crippen MR) is 101 cm³/mol. The van der Waals surface area contributed by atoms with Crippen LogP contribution in [0.4, 0.5) is 0 Å². The minimum Gasteiger partial charge on any atom is -0.487 e. The van der Waals surface area contributed by atoms with E-state index in [1.165, 1.54) is 0 Å². The van der Waals surface area contributed by atoms with Crippen molar-refractivity contribution in [1.82, 2.24) is 10.3 Å². The molecule has 1 amide bonds. The summed E-state index contributed by atoms with van der Waals surface area (Å²) in [6.45, 7) is 5.22. The first-order valence-electron chi connectivity index (χ1n) is 8.68. The van der Waals surface area contributed by atoms with Crippen molar-refractivity contribution in [2.75, 3.05) is 13.2 Å². The number of carbonyl (C=O) groups excluding carboxylic acids is 1. The van der Waals surface area contributed by atoms with Crippen molar-refractivity contribution in [2.45, 2.75) is 26.9 Å². The number of amides is 1. The van der Waals surface area contributed by atoms with Crippen LogP contribution in [0.5, 0.6) is 5.75 Å². The average molecular weight is 355 g/mol. The summed E-state index contributed by atoms with van der Waals surface area (Å²) < 4.78 is 5.67. The van der Waals surface area contributed by atoms with E-state index in [0.29, 0.717) is 19.1 Å². The number of nitrogens with one attached hydrogen (secondary N) is 1. The van der Waals surface area contributed by atoms with Crippen LogP contribution in [-0.2, 0) is 16.2 Å². The summed E-state index contributed by atoms with van der Waals surface area (Å²) in [7, 11) is 0. The van der Waals surface area contributed by atoms with Gasteiger partial charge >= 0.3 is 0 Å². The molecular weight excluding hydrogens is 330 g/mol. The zero-order valence-electron chi connectivity index (χ0n) is 15.2. The highest BCUT2D eigenvalue weighted by atomic mass is 16.6. The zero-order chi connectivity index (χ0) is 18.6. The monoisotopic (exact) mass is 355 g/mol. The fourth-order valence-corrected chi connectivity index (χ4v) is 2.04. The molecule has 0 aliphatic heterocycles. The topological polar surface area (TPSA) is 72.8 Å². The fourth-order valence-electron chi connectivity index (χ4n) is 2.04. The summed E-state index contributed by atoms with van der Waals surface area (Å²) in [5, 5.41) is 6.60. The third-order valence-electron chi connectivity index (χ3n) is 3.51. The molecule has 0 unspecified atom stereocenters. The van der Waals surface area contributed by atoms with Gasteiger partial charge in [-0.25, -0.2) is 0 Å². The van der Waals surface area contributed by atoms with Gasteiger partial charge in [0.05, 0.1) is 11.9 Å². The largest absolute Gasteiger partial charge is 0.487 e. The molecule has 1 N–H and O–H groups in total. The van der Waals surface area contributed by atoms with E-state index in [1.54, 1.807) is 12.4 Å². The zero-order valence-corrected chi connectivity index (χ0v) is 15.2. The van der Waals surface area contributed by atoms with E-state index in [4.69, 9.17) is 9.57 Å². The number of rotatable bonds is 10. The Hall–Kier alpha value is -2.89. The molecule has 0 bridgehead atoms. The van der Waals surface area contributed by atoms with Gasteiger partial charge in [-0.2, -0.15) is 0 Å². The van der Waals surface area contributed by atoms with E-state index < -0.39 is 0 Å². The third kappa shape index (κ3) is 7.79. The van der Waals surface area contributed by atoms with E-state index in [-0.39, 0.29) is 12.5 Å². The summed E-state index contributed by atoms with van der Waals surface area (Å²) in [5.41, 5.74) is 1.73. The van der Waals surface area contributed by atoms with Gasteiger partial charge in [-0.1, -0.05) is 25.1 Å². The number of hydrogen-bond acceptors (Lipinski definition) is 5. The number of hydrogen-bond donors (Lipinski definition) is 1. The van der Waals surface area contributed by atoms with Crippen LogP contribution >= 0.6 is 0 Å². The molecule has 0 saturated carbocycles. The van der Waals surface area contributed by atoms with E-state index in [9.17, 15) is 4.79 Å². The van der Waals surface area contributed by atoms with E-state index in [2.05, 4.69) is 29.3 Å². The molecule has 6 heteroatoms. The first-order chi connectivity index (χ1) is 12.6. The van der Waals surface area contributed by atoms with Crippen LogP contribution in [0.2, 0.25) is 0 Å². The van der Waals surface area contributed by atoms with Crippen molar-refractivity contribution in [2.24, 2.45) is 11.1 Å². The van der Waals surface area contributed by atoms with Gasteiger partial charge in [0.15, 0.2) is 6.61 Å². The molecule has 0 aliphatic carbocycles. The summed E-state index contributed by atoms with van der Waals surface area (Å²) in [4.78, 5) is 20.8. The Kier molecular flexibility index (Phi) is 8.12. The summed E-state index contributed by atoms with van der Waals surface area (Å²) >= 11 is 0. The Labute approximate surface area is 154 Å². The summed E-state index contributed by atoms with van der Waals surface area (Å²) in [5.74, 6) is 1.14. The summed E-state index contributed by atoms with van der Waals surface area (Å²) in [6.07, 6.45) is 4.25. The van der Waals surface area contributed by atoms with Crippen molar-refractivity contribution < 1.29 is 14.4 Å². The second kappa shape index (κ2) is 10.9. The lowest BCUT2D eigenvalue weighted by atomic mass is 10.1. The van der Waals surface area contributed by atoms with Crippen LogP contribution in [0.15, 0.2) is 53.8 Å². The second-order valence-corrected chi connectivity index (χ2v) is 6.22. The highest BCUT2D eigenvalue weighted by Gasteiger charge is 2.01. The second-order valence-electron chi connectivity index (χ2n) is 6.22. The van der Waals surface area contributed by atoms with Gasteiger partial charge in [-0.05, 0) is 54.3 Å². The van der Waals surface area contributed by atoms with Crippen LogP contribution in [0.25, 0.3) is 0 Å². The molecule has 0 spiro atoms. The molecule has 0 fully saturated rings. The number of ether oxygens (including phenoxy) is 1. The molecule has 6 nitrogen and oxygen atoms in total. The highest BCUT2D eigenvalue weighted by Crippen LogP contribution is 2.12. The molecule has 138 valence electrons. The van der Waals surface area contributed by atoms with Gasteiger partial charge in [0.25, 0.3) is 5.91 Å². The number of carbonyl (C=O) groups is 1. The fraction of sp³-hybridized carbons (Fsp3) is 0.350. The molecule has 1 aromatic heterocycles. The van der Waals surface area contributed by atoms with Crippen LogP contribution in [0.1, 0.15) is 31.5 Å². The normalized spacial score (nSPS) is 10.9. The maximum Gasteiger partial charge on any atom is 0.260 e. The van der Waals surface area contributed by atoms with Crippen molar-refractivity contribution in [1.29, 1.82) is 0 Å². The Balaban J connectivity index is 1.68. The molecule has 0 saturated heterocycles. The van der Waals surface area contributed by atoms with Crippen LogP contribution in [0, 0.1) is 5.92 Å². The van der Waals surface area contributed by atoms with E-state index in [1.807, 2.05) is 42.5 Å². The number of benzene rings is 1. The molecule has 2 rings (SSSR count). The SMILES string of the molecule is CC(C)CCNC(=O)CON=Cc1ccc(OCc2ccccn2)cc1. The molecule has 1 aromatic carbocycles. The van der Waals surface area contributed by atoms with E-state index in [0.717, 1.165) is 23.4 Å². The number of aromatic nitrogens is 1. The van der Waals surface area contributed by atoms with Crippen LogP contribution in [0.3, 0.4) is 0 Å². The maximum atomic E-state index is 11.5. The number of pyridine rings is 1. The standard InChI is InChI=1S/C20H25N3O3/c1-16(2)10-12-22-20(24)15-26-23-13-17-6-8-19(9-7-17)25-14-18-5-3-4-11-21-18/h3-9,11,13,16H,10,12,14-15H2,1-2H3,(H,22,24). The third-order valence-corrected chi connectivity index (χ3v) is 3.51. The number of nitrogens with zero attached hydrogens (tertiary/aromatic N) is 2. The first-order valence-corrected chi connectivity index (χ1v) is 8.68. The lowest BCUT2D eigenvalue weighted by Crippen LogP contribution is -2.28. The molecule has 0 aliphatic rings. The maximum absolute atomic E-state index is 11.5. The van der Waals surface area contributed by atoms with Crippen molar-refractivity contribution >= 4 is 12.1 Å². The molecule has 2 aromatic rings. The average Bonchev–Trinajstić information content (AvgIpc) is 2.65. The van der Waals surface area contributed by atoms with Gasteiger partial charge < -0.3 is 14.9 Å². The smallest absolute Gasteiger partial charge is 0.260 e. The Morgan fingerprint density at radius 3 is 2.73 bits per heavy atom. The quantitative estimate of drug-likeness (QED) is 0.525. The van der Waals surface area contributed by atoms with Gasteiger partial charge in [0.2, 0.25) is 0 Å². The van der Waals surface area contributed by atoms with Gasteiger partial charge in [-0.3, -0.25) is 9.78 Å². The number of oxime groups is 1. The Morgan fingerprint density at radius 1 is 1.23 bits per heavy atom. The lowest BCUT2D eigenvalue weighted by Gasteiger charge is -2.06. The van der Waals surface area contributed by atoms with Crippen molar-refractivity contribution in [3.8, 4) is 5.75 Å². The molecular formula is C20H25N3O3. The highest BCUT2D eigenvalue weighted by molar-refractivity contribution is 5.80. The Bertz CT molecular complexity index is 685. The van der Waals surface area contributed by atoms with Crippen molar-refractivity contribution in [3.63, 3.8) is 0 Å². The summed E-state index contributed by atoms with van der Waals surface area (Å²) in [6, 6.07) is 13.1. The van der Waals surface area contributed by atoms with Gasteiger partial charge in [-0.15, -0.1) is 0 Å². The minimum atomic E-state index is -0.166. The molecule has 0 radical (unpaired) electrons. The van der Waals surface area contributed by atoms with Crippen LogP contribution in [-0.4, -0.2) is 30.3 Å². The lowest BCUT2D eigenvalue weighted by molar-refractivity contribution is -0.125. The minimum absolute atomic E-state index is 0.0835. The van der Waals surface area contributed by atoms with Gasteiger partial charge in [0.1, 0.15) is 12.4 Å². The van der Waals surface area contributed by atoms with Crippen molar-refractivity contribution in [3.05, 3.63) is 59.9 Å². The molecule has 0 atom stereocenters. The predicted octanol–water partition coefficient (Wildman–Crippen LogP) is 3.17. The van der Waals surface area contributed by atoms with Crippen LogP contribution < -0.4 is 10.1 Å². The van der Waals surface area contributed by atoms with Gasteiger partial charge in [0, 0.05) is 12.7 Å². The molecule has 1 heterocycles. The first kappa shape index (κ1) is 19.4.